The van der Waals surface area contributed by atoms with Gasteiger partial charge in [0.25, 0.3) is 0 Å². The minimum atomic E-state index is -0.522. The van der Waals surface area contributed by atoms with E-state index in [1.165, 1.54) is 5.56 Å². The quantitative estimate of drug-likeness (QED) is 0.811. The highest BCUT2D eigenvalue weighted by molar-refractivity contribution is 5.69. The van der Waals surface area contributed by atoms with Crippen molar-refractivity contribution >= 4 is 5.97 Å². The zero-order valence-corrected chi connectivity index (χ0v) is 12.1. The molecule has 0 bridgehead atoms. The molecule has 0 saturated heterocycles. The maximum Gasteiger partial charge on any atom is 0.305 e. The predicted octanol–water partition coefficient (Wildman–Crippen LogP) is 2.21. The van der Waals surface area contributed by atoms with E-state index in [-0.39, 0.29) is 19.2 Å². The molecule has 1 aromatic rings. The number of ether oxygens (including phenoxy) is 2. The van der Waals surface area contributed by atoms with E-state index in [1.54, 1.807) is 7.11 Å². The molecule has 0 fully saturated rings. The summed E-state index contributed by atoms with van der Waals surface area (Å²) in [5.41, 5.74) is 1.64. The van der Waals surface area contributed by atoms with E-state index < -0.39 is 5.41 Å². The zero-order chi connectivity index (χ0) is 14.6. The molecule has 110 valence electrons. The average Bonchev–Trinajstić information content (AvgIpc) is 2.85. The van der Waals surface area contributed by atoms with Crippen LogP contribution < -0.4 is 4.74 Å². The molecular formula is C16H22O4. The summed E-state index contributed by atoms with van der Waals surface area (Å²) in [6, 6.07) is 5.89. The Morgan fingerprint density at radius 1 is 1.45 bits per heavy atom. The average molecular weight is 278 g/mol. The van der Waals surface area contributed by atoms with Crippen molar-refractivity contribution in [3.8, 4) is 5.75 Å². The monoisotopic (exact) mass is 278 g/mol. The summed E-state index contributed by atoms with van der Waals surface area (Å²) >= 11 is 0. The van der Waals surface area contributed by atoms with Crippen molar-refractivity contribution in [1.82, 2.24) is 0 Å². The molecular weight excluding hydrogens is 256 g/mol. The van der Waals surface area contributed by atoms with E-state index in [0.29, 0.717) is 6.42 Å². The van der Waals surface area contributed by atoms with Crippen LogP contribution in [0, 0.1) is 0 Å². The van der Waals surface area contributed by atoms with Crippen molar-refractivity contribution in [2.75, 3.05) is 20.3 Å². The second kappa shape index (κ2) is 6.27. The van der Waals surface area contributed by atoms with Gasteiger partial charge in [-0.3, -0.25) is 4.79 Å². The van der Waals surface area contributed by atoms with Crippen LogP contribution in [0.25, 0.3) is 0 Å². The third kappa shape index (κ3) is 2.66. The SMILES string of the molecule is CCCC(=O)OC[C@]1(CO)CCc2cccc(OC)c21. The Morgan fingerprint density at radius 3 is 2.90 bits per heavy atom. The van der Waals surface area contributed by atoms with Gasteiger partial charge in [-0.25, -0.2) is 0 Å². The fraction of sp³-hybridized carbons (Fsp3) is 0.562. The lowest BCUT2D eigenvalue weighted by atomic mass is 9.83. The molecule has 0 spiro atoms. The van der Waals surface area contributed by atoms with Gasteiger partial charge in [0.1, 0.15) is 12.4 Å². The molecule has 0 unspecified atom stereocenters. The zero-order valence-electron chi connectivity index (χ0n) is 12.1. The Kier molecular flexibility index (Phi) is 4.65. The minimum absolute atomic E-state index is 0.0419. The number of methoxy groups -OCH3 is 1. The van der Waals surface area contributed by atoms with Crippen LogP contribution in [0.15, 0.2) is 18.2 Å². The molecule has 1 atom stereocenters. The van der Waals surface area contributed by atoms with E-state index in [0.717, 1.165) is 30.6 Å². The van der Waals surface area contributed by atoms with Gasteiger partial charge in [0, 0.05) is 12.0 Å². The third-order valence-electron chi connectivity index (χ3n) is 4.00. The highest BCUT2D eigenvalue weighted by Crippen LogP contribution is 2.44. The van der Waals surface area contributed by atoms with Gasteiger partial charge in [-0.1, -0.05) is 19.1 Å². The van der Waals surface area contributed by atoms with E-state index in [4.69, 9.17) is 9.47 Å². The van der Waals surface area contributed by atoms with Crippen LogP contribution in [0.2, 0.25) is 0 Å². The molecule has 0 aromatic heterocycles. The summed E-state index contributed by atoms with van der Waals surface area (Å²) in [6.07, 6.45) is 2.84. The fourth-order valence-corrected chi connectivity index (χ4v) is 2.90. The molecule has 1 N–H and O–H groups in total. The van der Waals surface area contributed by atoms with Crippen molar-refractivity contribution in [3.63, 3.8) is 0 Å². The lowest BCUT2D eigenvalue weighted by molar-refractivity contribution is -0.146. The number of aliphatic hydroxyl groups excluding tert-OH is 1. The molecule has 0 heterocycles. The van der Waals surface area contributed by atoms with Gasteiger partial charge in [-0.15, -0.1) is 0 Å². The number of fused-ring (bicyclic) bond motifs is 1. The highest BCUT2D eigenvalue weighted by Gasteiger charge is 2.42. The van der Waals surface area contributed by atoms with Crippen LogP contribution in [0.4, 0.5) is 0 Å². The molecule has 0 amide bonds. The molecule has 1 aromatic carbocycles. The van der Waals surface area contributed by atoms with Crippen molar-refractivity contribution in [2.24, 2.45) is 0 Å². The smallest absolute Gasteiger partial charge is 0.305 e. The molecule has 2 rings (SSSR count). The summed E-state index contributed by atoms with van der Waals surface area (Å²) in [4.78, 5) is 11.6. The van der Waals surface area contributed by atoms with Gasteiger partial charge in [0.2, 0.25) is 0 Å². The number of carbonyl (C=O) groups excluding carboxylic acids is 1. The lowest BCUT2D eigenvalue weighted by Gasteiger charge is -2.29. The van der Waals surface area contributed by atoms with Crippen LogP contribution in [0.1, 0.15) is 37.3 Å². The second-order valence-corrected chi connectivity index (χ2v) is 5.34. The number of hydrogen-bond donors (Lipinski definition) is 1. The van der Waals surface area contributed by atoms with Crippen LogP contribution in [0.5, 0.6) is 5.75 Å². The summed E-state index contributed by atoms with van der Waals surface area (Å²) in [5, 5.41) is 9.88. The Balaban J connectivity index is 2.24. The Labute approximate surface area is 119 Å². The van der Waals surface area contributed by atoms with Crippen molar-refractivity contribution < 1.29 is 19.4 Å². The first-order valence-electron chi connectivity index (χ1n) is 7.09. The van der Waals surface area contributed by atoms with Crippen LogP contribution in [0.3, 0.4) is 0 Å². The highest BCUT2D eigenvalue weighted by atomic mass is 16.5. The van der Waals surface area contributed by atoms with Gasteiger partial charge in [-0.05, 0) is 30.9 Å². The molecule has 0 radical (unpaired) electrons. The maximum atomic E-state index is 11.6. The summed E-state index contributed by atoms with van der Waals surface area (Å²) in [5.74, 6) is 0.560. The summed E-state index contributed by atoms with van der Waals surface area (Å²) < 4.78 is 10.8. The summed E-state index contributed by atoms with van der Waals surface area (Å²) in [6.45, 7) is 2.12. The standard InChI is InChI=1S/C16H22O4/c1-3-5-14(18)20-11-16(10-17)9-8-12-6-4-7-13(19-2)15(12)16/h4,6-7,17H,3,5,8-11H2,1-2H3/t16-/m1/s1. The first-order chi connectivity index (χ1) is 9.66. The van der Waals surface area contributed by atoms with Gasteiger partial charge in [0.15, 0.2) is 0 Å². The normalized spacial score (nSPS) is 20.6. The number of aliphatic hydroxyl groups is 1. The Bertz CT molecular complexity index is 483. The molecule has 4 heteroatoms. The minimum Gasteiger partial charge on any atom is -0.496 e. The van der Waals surface area contributed by atoms with Gasteiger partial charge >= 0.3 is 5.97 Å². The van der Waals surface area contributed by atoms with Crippen LogP contribution in [-0.2, 0) is 21.4 Å². The first kappa shape index (κ1) is 14.9. The van der Waals surface area contributed by atoms with Crippen molar-refractivity contribution in [3.05, 3.63) is 29.3 Å². The Hall–Kier alpha value is -1.55. The third-order valence-corrected chi connectivity index (χ3v) is 4.00. The predicted molar refractivity (Wildman–Crippen MR) is 75.9 cm³/mol. The largest absolute Gasteiger partial charge is 0.496 e. The number of rotatable bonds is 6. The van der Waals surface area contributed by atoms with Gasteiger partial charge in [-0.2, -0.15) is 0 Å². The van der Waals surface area contributed by atoms with E-state index in [2.05, 4.69) is 0 Å². The van der Waals surface area contributed by atoms with Crippen molar-refractivity contribution in [2.45, 2.75) is 38.0 Å². The fourth-order valence-electron chi connectivity index (χ4n) is 2.90. The molecule has 4 nitrogen and oxygen atoms in total. The number of aryl methyl sites for hydroxylation is 1. The van der Waals surface area contributed by atoms with Gasteiger partial charge in [0.05, 0.1) is 19.1 Å². The molecule has 1 aliphatic rings. The number of esters is 1. The Morgan fingerprint density at radius 2 is 2.25 bits per heavy atom. The van der Waals surface area contributed by atoms with E-state index >= 15 is 0 Å². The first-order valence-corrected chi connectivity index (χ1v) is 7.09. The van der Waals surface area contributed by atoms with Crippen LogP contribution >= 0.6 is 0 Å². The molecule has 0 aliphatic heterocycles. The van der Waals surface area contributed by atoms with E-state index in [9.17, 15) is 9.90 Å². The molecule has 0 saturated carbocycles. The number of carbonyl (C=O) groups is 1. The molecule has 1 aliphatic carbocycles. The van der Waals surface area contributed by atoms with E-state index in [1.807, 2.05) is 25.1 Å². The van der Waals surface area contributed by atoms with Crippen LogP contribution in [-0.4, -0.2) is 31.4 Å². The number of benzene rings is 1. The summed E-state index contributed by atoms with van der Waals surface area (Å²) in [7, 11) is 1.62. The topological polar surface area (TPSA) is 55.8 Å². The molecule has 20 heavy (non-hydrogen) atoms. The van der Waals surface area contributed by atoms with Gasteiger partial charge < -0.3 is 14.6 Å². The maximum absolute atomic E-state index is 11.6. The number of hydrogen-bond acceptors (Lipinski definition) is 4. The lowest BCUT2D eigenvalue weighted by Crippen LogP contribution is -2.35. The second-order valence-electron chi connectivity index (χ2n) is 5.34. The van der Waals surface area contributed by atoms with Crippen molar-refractivity contribution in [1.29, 1.82) is 0 Å².